The maximum atomic E-state index is 13.7. The first kappa shape index (κ1) is 23.7. The molecule has 1 fully saturated rings. The molecule has 0 bridgehead atoms. The Kier molecular flexibility index (Phi) is 7.13. The van der Waals surface area contributed by atoms with Crippen LogP contribution in [0.25, 0.3) is 10.4 Å². The summed E-state index contributed by atoms with van der Waals surface area (Å²) in [6, 6.07) is 6.98. The van der Waals surface area contributed by atoms with Gasteiger partial charge < -0.3 is 15.7 Å². The number of carboxylic acid groups (broad SMARTS) is 1. The summed E-state index contributed by atoms with van der Waals surface area (Å²) in [6.07, 6.45) is 3.50. The molecule has 0 atom stereocenters. The van der Waals surface area contributed by atoms with E-state index in [1.807, 2.05) is 10.2 Å². The van der Waals surface area contributed by atoms with E-state index >= 15 is 0 Å². The Balaban J connectivity index is 1.35. The Morgan fingerprint density at radius 1 is 1.06 bits per heavy atom. The van der Waals surface area contributed by atoms with Crippen LogP contribution in [0, 0.1) is 17.5 Å². The first-order valence-corrected chi connectivity index (χ1v) is 11.3. The second-order valence-corrected chi connectivity index (χ2v) is 8.97. The van der Waals surface area contributed by atoms with Crippen molar-refractivity contribution in [2.75, 3.05) is 30.3 Å². The van der Waals surface area contributed by atoms with Gasteiger partial charge in [0, 0.05) is 29.9 Å². The minimum absolute atomic E-state index is 0.0576. The molecule has 0 spiro atoms. The maximum Gasteiger partial charge on any atom is 0.323 e. The summed E-state index contributed by atoms with van der Waals surface area (Å²) < 4.78 is 40.4. The van der Waals surface area contributed by atoms with Crippen LogP contribution in [0.4, 0.5) is 29.3 Å². The molecule has 3 aromatic rings. The molecule has 3 N–H and O–H groups in total. The smallest absolute Gasteiger partial charge is 0.323 e. The van der Waals surface area contributed by atoms with Gasteiger partial charge >= 0.3 is 12.0 Å². The van der Waals surface area contributed by atoms with Crippen LogP contribution in [0.5, 0.6) is 0 Å². The lowest BCUT2D eigenvalue weighted by Gasteiger charge is -2.29. The molecule has 0 unspecified atom stereocenters. The fourth-order valence-corrected chi connectivity index (χ4v) is 4.89. The number of anilines is 2. The number of likely N-dealkylation sites (tertiary alicyclic amines) is 1. The van der Waals surface area contributed by atoms with Crippen molar-refractivity contribution < 1.29 is 27.9 Å². The average molecular weight is 491 g/mol. The molecule has 178 valence electrons. The molecule has 34 heavy (non-hydrogen) atoms. The van der Waals surface area contributed by atoms with E-state index in [1.165, 1.54) is 0 Å². The molecule has 2 aromatic carbocycles. The highest BCUT2D eigenvalue weighted by Gasteiger charge is 2.24. The number of amides is 2. The summed E-state index contributed by atoms with van der Waals surface area (Å²) in [4.78, 5) is 30.4. The number of carboxylic acids is 1. The number of hydrogen-bond acceptors (Lipinski definition) is 5. The van der Waals surface area contributed by atoms with Crippen LogP contribution in [0.3, 0.4) is 0 Å². The second kappa shape index (κ2) is 10.2. The zero-order valence-electron chi connectivity index (χ0n) is 17.9. The number of rotatable bonds is 6. The van der Waals surface area contributed by atoms with E-state index in [4.69, 9.17) is 5.11 Å². The number of halogens is 3. The molecule has 1 aliphatic rings. The SMILES string of the molecule is O=C(O)CN1CCC(c2ncc(-c3ccc(NC(=O)Nc4c(F)cc(F)cc4F)cc3)s2)CC1. The highest BCUT2D eigenvalue weighted by Crippen LogP contribution is 2.35. The van der Waals surface area contributed by atoms with Crippen molar-refractivity contribution in [3.8, 4) is 10.4 Å². The average Bonchev–Trinajstić information content (AvgIpc) is 3.27. The first-order chi connectivity index (χ1) is 16.3. The zero-order chi connectivity index (χ0) is 24.2. The highest BCUT2D eigenvalue weighted by atomic mass is 32.1. The molecule has 0 aliphatic carbocycles. The number of carbonyl (C=O) groups is 2. The van der Waals surface area contributed by atoms with E-state index in [0.717, 1.165) is 41.4 Å². The fraction of sp³-hybridized carbons (Fsp3) is 0.261. The van der Waals surface area contributed by atoms with Gasteiger partial charge in [-0.2, -0.15) is 0 Å². The van der Waals surface area contributed by atoms with Crippen LogP contribution < -0.4 is 10.6 Å². The first-order valence-electron chi connectivity index (χ1n) is 10.5. The third-order valence-corrected chi connectivity index (χ3v) is 6.70. The largest absolute Gasteiger partial charge is 0.480 e. The van der Waals surface area contributed by atoms with Crippen molar-refractivity contribution in [2.24, 2.45) is 0 Å². The number of aromatic nitrogens is 1. The molecule has 2 amide bonds. The van der Waals surface area contributed by atoms with Crippen LogP contribution in [-0.2, 0) is 4.79 Å². The second-order valence-electron chi connectivity index (χ2n) is 7.91. The van der Waals surface area contributed by atoms with Crippen LogP contribution in [0.1, 0.15) is 23.8 Å². The van der Waals surface area contributed by atoms with E-state index in [0.29, 0.717) is 23.7 Å². The minimum atomic E-state index is -1.21. The molecule has 11 heteroatoms. The summed E-state index contributed by atoms with van der Waals surface area (Å²) >= 11 is 1.57. The van der Waals surface area contributed by atoms with Crippen molar-refractivity contribution in [3.05, 3.63) is 65.1 Å². The lowest BCUT2D eigenvalue weighted by atomic mass is 9.98. The number of carbonyl (C=O) groups excluding carboxylic acids is 1. The number of thiazole rings is 1. The Bertz CT molecular complexity index is 1170. The number of hydrogen-bond donors (Lipinski definition) is 3. The van der Waals surface area contributed by atoms with Gasteiger partial charge in [-0.05, 0) is 43.6 Å². The van der Waals surface area contributed by atoms with Gasteiger partial charge in [0.05, 0.1) is 16.4 Å². The van der Waals surface area contributed by atoms with Gasteiger partial charge in [-0.3, -0.25) is 9.69 Å². The summed E-state index contributed by atoms with van der Waals surface area (Å²) in [5, 5.41) is 14.5. The Labute approximate surface area is 197 Å². The fourth-order valence-electron chi connectivity index (χ4n) is 3.79. The number of piperidine rings is 1. The van der Waals surface area contributed by atoms with Crippen LogP contribution in [0.2, 0.25) is 0 Å². The Hall–Kier alpha value is -3.44. The van der Waals surface area contributed by atoms with E-state index in [2.05, 4.69) is 10.3 Å². The summed E-state index contributed by atoms with van der Waals surface area (Å²) in [5.41, 5.74) is 0.565. The lowest BCUT2D eigenvalue weighted by molar-refractivity contribution is -0.138. The van der Waals surface area contributed by atoms with Gasteiger partial charge in [0.1, 0.15) is 11.5 Å². The topological polar surface area (TPSA) is 94.6 Å². The van der Waals surface area contributed by atoms with E-state index in [-0.39, 0.29) is 6.54 Å². The molecule has 0 radical (unpaired) electrons. The molecule has 7 nitrogen and oxygen atoms in total. The number of benzene rings is 2. The molecular formula is C23H21F3N4O3S. The molecule has 1 saturated heterocycles. The van der Waals surface area contributed by atoms with Crippen molar-refractivity contribution in [1.82, 2.24) is 9.88 Å². The quantitative estimate of drug-likeness (QED) is 0.445. The normalized spacial score (nSPS) is 14.7. The van der Waals surface area contributed by atoms with Gasteiger partial charge in [-0.25, -0.2) is 22.9 Å². The number of nitrogens with zero attached hydrogens (tertiary/aromatic N) is 2. The molecule has 0 saturated carbocycles. The summed E-state index contributed by atoms with van der Waals surface area (Å²) in [6.45, 7) is 1.50. The predicted molar refractivity (Wildman–Crippen MR) is 123 cm³/mol. The third kappa shape index (κ3) is 5.72. The van der Waals surface area contributed by atoms with Gasteiger partial charge in [0.2, 0.25) is 0 Å². The highest BCUT2D eigenvalue weighted by molar-refractivity contribution is 7.15. The van der Waals surface area contributed by atoms with Gasteiger partial charge in [0.25, 0.3) is 0 Å². The molecule has 2 heterocycles. The van der Waals surface area contributed by atoms with E-state index in [9.17, 15) is 22.8 Å². The zero-order valence-corrected chi connectivity index (χ0v) is 18.7. The summed E-state index contributed by atoms with van der Waals surface area (Å²) in [5.74, 6) is -4.03. The predicted octanol–water partition coefficient (Wildman–Crippen LogP) is 5.14. The maximum absolute atomic E-state index is 13.7. The Morgan fingerprint density at radius 2 is 1.71 bits per heavy atom. The number of aliphatic carboxylic acids is 1. The molecular weight excluding hydrogens is 469 g/mol. The van der Waals surface area contributed by atoms with Gasteiger partial charge in [0.15, 0.2) is 11.6 Å². The monoisotopic (exact) mass is 490 g/mol. The van der Waals surface area contributed by atoms with Crippen LogP contribution >= 0.6 is 11.3 Å². The van der Waals surface area contributed by atoms with Gasteiger partial charge in [-0.1, -0.05) is 12.1 Å². The molecule has 1 aromatic heterocycles. The van der Waals surface area contributed by atoms with Gasteiger partial charge in [-0.15, -0.1) is 11.3 Å². The van der Waals surface area contributed by atoms with Crippen LogP contribution in [0.15, 0.2) is 42.6 Å². The molecule has 4 rings (SSSR count). The standard InChI is InChI=1S/C23H21F3N4O3S/c24-15-9-17(25)21(18(26)10-15)29-23(33)28-16-3-1-13(2-4-16)19-11-27-22(34-19)14-5-7-30(8-6-14)12-20(31)32/h1-4,9-11,14H,5-8,12H2,(H,31,32)(H2,28,29,33). The third-order valence-electron chi connectivity index (χ3n) is 5.49. The van der Waals surface area contributed by atoms with Crippen molar-refractivity contribution in [2.45, 2.75) is 18.8 Å². The lowest BCUT2D eigenvalue weighted by Crippen LogP contribution is -2.36. The number of nitrogens with one attached hydrogen (secondary N) is 2. The summed E-state index contributed by atoms with van der Waals surface area (Å²) in [7, 11) is 0. The van der Waals surface area contributed by atoms with Crippen molar-refractivity contribution in [1.29, 1.82) is 0 Å². The van der Waals surface area contributed by atoms with E-state index < -0.39 is 35.1 Å². The van der Waals surface area contributed by atoms with E-state index in [1.54, 1.807) is 41.8 Å². The molecule has 1 aliphatic heterocycles. The van der Waals surface area contributed by atoms with Crippen molar-refractivity contribution in [3.63, 3.8) is 0 Å². The minimum Gasteiger partial charge on any atom is -0.480 e. The number of urea groups is 1. The van der Waals surface area contributed by atoms with Crippen LogP contribution in [-0.4, -0.2) is 46.6 Å². The van der Waals surface area contributed by atoms with Crippen molar-refractivity contribution >= 4 is 34.7 Å². The Morgan fingerprint density at radius 3 is 2.32 bits per heavy atom.